The summed E-state index contributed by atoms with van der Waals surface area (Å²) in [5.74, 6) is 0.485. The smallest absolute Gasteiger partial charge is 0.256 e. The summed E-state index contributed by atoms with van der Waals surface area (Å²) < 4.78 is 5.52. The number of amides is 1. The predicted molar refractivity (Wildman–Crippen MR) is 135 cm³/mol. The molecule has 2 aromatic carbocycles. The fourth-order valence-corrected chi connectivity index (χ4v) is 4.68. The average molecular weight is 472 g/mol. The molecule has 2 N–H and O–H groups in total. The number of hydrogen-bond donors (Lipinski definition) is 2. The maximum atomic E-state index is 13.0. The molecule has 1 saturated heterocycles. The highest BCUT2D eigenvalue weighted by molar-refractivity contribution is 5.94. The van der Waals surface area contributed by atoms with Gasteiger partial charge < -0.3 is 19.6 Å². The third-order valence-electron chi connectivity index (χ3n) is 6.76. The van der Waals surface area contributed by atoms with Crippen LogP contribution in [0.1, 0.15) is 18.1 Å². The summed E-state index contributed by atoms with van der Waals surface area (Å²) in [7, 11) is 5.67. The van der Waals surface area contributed by atoms with Crippen molar-refractivity contribution >= 4 is 16.9 Å². The molecule has 0 aliphatic carbocycles. The molecule has 4 aromatic rings. The first kappa shape index (κ1) is 23.0. The third kappa shape index (κ3) is 4.38. The van der Waals surface area contributed by atoms with E-state index in [1.165, 1.54) is 0 Å². The highest BCUT2D eigenvalue weighted by Gasteiger charge is 2.31. The zero-order valence-corrected chi connectivity index (χ0v) is 20.1. The molecule has 3 heterocycles. The molecule has 1 aliphatic heterocycles. The van der Waals surface area contributed by atoms with Crippen LogP contribution >= 0.6 is 0 Å². The Kier molecular flexibility index (Phi) is 6.23. The van der Waals surface area contributed by atoms with Crippen molar-refractivity contribution in [2.24, 2.45) is 0 Å². The number of carbonyl (C=O) groups excluding carboxylic acids is 1. The number of para-hydroxylation sites is 1. The summed E-state index contributed by atoms with van der Waals surface area (Å²) in [5.41, 5.74) is 4.62. The van der Waals surface area contributed by atoms with Gasteiger partial charge in [-0.25, -0.2) is 4.98 Å². The lowest BCUT2D eigenvalue weighted by molar-refractivity contribution is -0.139. The fourth-order valence-electron chi connectivity index (χ4n) is 4.68. The number of benzene rings is 2. The number of nitrogens with one attached hydrogen (secondary N) is 1. The van der Waals surface area contributed by atoms with Gasteiger partial charge in [0.2, 0.25) is 0 Å². The lowest BCUT2D eigenvalue weighted by Crippen LogP contribution is -2.37. The zero-order chi connectivity index (χ0) is 24.5. The number of likely N-dealkylation sites (tertiary alicyclic amines) is 1. The van der Waals surface area contributed by atoms with Crippen LogP contribution < -0.4 is 4.74 Å². The Morgan fingerprint density at radius 1 is 1.17 bits per heavy atom. The number of nitrogens with zero attached hydrogens (tertiary/aromatic N) is 4. The average Bonchev–Trinajstić information content (AvgIpc) is 3.55. The van der Waals surface area contributed by atoms with Crippen LogP contribution in [0.2, 0.25) is 0 Å². The molecule has 35 heavy (non-hydrogen) atoms. The monoisotopic (exact) mass is 471 g/mol. The number of aliphatic hydroxyl groups excluding tert-OH is 1. The molecule has 2 unspecified atom stereocenters. The van der Waals surface area contributed by atoms with Gasteiger partial charge in [0.05, 0.1) is 12.8 Å². The van der Waals surface area contributed by atoms with Crippen molar-refractivity contribution in [2.45, 2.75) is 18.6 Å². The Balaban J connectivity index is 1.45. The Morgan fingerprint density at radius 3 is 2.77 bits per heavy atom. The number of aliphatic hydroxyl groups is 1. The van der Waals surface area contributed by atoms with E-state index in [9.17, 15) is 9.90 Å². The number of likely N-dealkylation sites (N-methyl/N-ethyl adjacent to an activating group) is 1. The van der Waals surface area contributed by atoms with Crippen molar-refractivity contribution < 1.29 is 14.6 Å². The first-order chi connectivity index (χ1) is 17.0. The maximum Gasteiger partial charge on any atom is 0.256 e. The number of fused-ring (bicyclic) bond motifs is 1. The summed E-state index contributed by atoms with van der Waals surface area (Å²) in [4.78, 5) is 21.4. The van der Waals surface area contributed by atoms with Crippen molar-refractivity contribution in [3.05, 3.63) is 66.4 Å². The van der Waals surface area contributed by atoms with Gasteiger partial charge in [-0.1, -0.05) is 30.3 Å². The van der Waals surface area contributed by atoms with Crippen LogP contribution in [0.5, 0.6) is 5.75 Å². The minimum atomic E-state index is -1.20. The Hall–Kier alpha value is -3.75. The van der Waals surface area contributed by atoms with E-state index in [0.717, 1.165) is 39.9 Å². The van der Waals surface area contributed by atoms with Crippen LogP contribution in [0, 0.1) is 0 Å². The summed E-state index contributed by atoms with van der Waals surface area (Å²) in [6, 6.07) is 17.5. The molecule has 8 nitrogen and oxygen atoms in total. The first-order valence-corrected chi connectivity index (χ1v) is 11.7. The summed E-state index contributed by atoms with van der Waals surface area (Å²) in [6.45, 7) is 1.29. The number of pyridine rings is 1. The minimum absolute atomic E-state index is 0.256. The van der Waals surface area contributed by atoms with Crippen molar-refractivity contribution in [3.8, 4) is 28.1 Å². The molecule has 0 saturated carbocycles. The van der Waals surface area contributed by atoms with Gasteiger partial charge in [0.1, 0.15) is 5.75 Å². The van der Waals surface area contributed by atoms with Gasteiger partial charge in [-0.15, -0.1) is 0 Å². The van der Waals surface area contributed by atoms with Crippen LogP contribution in [0.25, 0.3) is 33.4 Å². The lowest BCUT2D eigenvalue weighted by Gasteiger charge is -2.22. The number of aromatic amines is 1. The van der Waals surface area contributed by atoms with Crippen LogP contribution in [0.3, 0.4) is 0 Å². The topological polar surface area (TPSA) is 94.6 Å². The zero-order valence-electron chi connectivity index (χ0n) is 20.1. The SMILES string of the molecule is COc1ccccc1-c1[nH]nc2ncc(-c3cccc(C(O)C(=O)N4CCC(N(C)C)C4)c3)cc12. The van der Waals surface area contributed by atoms with Gasteiger partial charge >= 0.3 is 0 Å². The highest BCUT2D eigenvalue weighted by Crippen LogP contribution is 2.34. The number of carbonyl (C=O) groups is 1. The molecule has 2 aromatic heterocycles. The molecular formula is C27H29N5O3. The molecule has 1 fully saturated rings. The molecule has 180 valence electrons. The molecule has 5 rings (SSSR count). The van der Waals surface area contributed by atoms with Gasteiger partial charge in [0, 0.05) is 41.8 Å². The largest absolute Gasteiger partial charge is 0.496 e. The molecule has 0 spiro atoms. The van der Waals surface area contributed by atoms with E-state index in [-0.39, 0.29) is 5.91 Å². The Bertz CT molecular complexity index is 1370. The van der Waals surface area contributed by atoms with Crippen molar-refractivity contribution in [2.75, 3.05) is 34.3 Å². The number of ether oxygens (including phenoxy) is 1. The second-order valence-electron chi connectivity index (χ2n) is 9.11. The van der Waals surface area contributed by atoms with E-state index in [4.69, 9.17) is 4.74 Å². The lowest BCUT2D eigenvalue weighted by atomic mass is 9.99. The highest BCUT2D eigenvalue weighted by atomic mass is 16.5. The van der Waals surface area contributed by atoms with E-state index in [1.807, 2.05) is 62.6 Å². The third-order valence-corrected chi connectivity index (χ3v) is 6.76. The molecule has 2 atom stereocenters. The minimum Gasteiger partial charge on any atom is -0.496 e. The van der Waals surface area contributed by atoms with Gasteiger partial charge in [-0.3, -0.25) is 9.89 Å². The van der Waals surface area contributed by atoms with E-state index in [2.05, 4.69) is 20.1 Å². The van der Waals surface area contributed by atoms with Gasteiger partial charge in [0.25, 0.3) is 5.91 Å². The number of aromatic nitrogens is 3. The van der Waals surface area contributed by atoms with Crippen molar-refractivity contribution in [1.29, 1.82) is 0 Å². The predicted octanol–water partition coefficient (Wildman–Crippen LogP) is 3.50. The van der Waals surface area contributed by atoms with E-state index in [1.54, 1.807) is 24.3 Å². The second kappa shape index (κ2) is 9.48. The van der Waals surface area contributed by atoms with Crippen molar-refractivity contribution in [1.82, 2.24) is 25.0 Å². The number of H-pyrrole nitrogens is 1. The van der Waals surface area contributed by atoms with Gasteiger partial charge in [-0.05, 0) is 55.9 Å². The second-order valence-corrected chi connectivity index (χ2v) is 9.11. The molecular weight excluding hydrogens is 442 g/mol. The van der Waals surface area contributed by atoms with E-state index in [0.29, 0.717) is 30.3 Å². The molecule has 8 heteroatoms. The van der Waals surface area contributed by atoms with Crippen LogP contribution in [0.4, 0.5) is 0 Å². The quantitative estimate of drug-likeness (QED) is 0.447. The Labute approximate surface area is 204 Å². The Morgan fingerprint density at radius 2 is 2.00 bits per heavy atom. The molecule has 1 aliphatic rings. The molecule has 1 amide bonds. The molecule has 0 bridgehead atoms. The van der Waals surface area contributed by atoms with Gasteiger partial charge in [0.15, 0.2) is 11.8 Å². The normalized spacial score (nSPS) is 16.7. The number of rotatable bonds is 6. The van der Waals surface area contributed by atoms with Crippen LogP contribution in [-0.2, 0) is 4.79 Å². The standard InChI is InChI=1S/C27H29N5O3/c1-31(2)20-11-12-32(16-20)27(34)25(33)18-8-6-7-17(13-18)19-14-22-24(29-30-26(22)28-15-19)21-9-4-5-10-23(21)35-3/h4-10,13-15,20,25,33H,11-12,16H2,1-3H3,(H,28,29,30). The van der Waals surface area contributed by atoms with Crippen molar-refractivity contribution in [3.63, 3.8) is 0 Å². The number of hydrogen-bond acceptors (Lipinski definition) is 6. The number of methoxy groups -OCH3 is 1. The summed E-state index contributed by atoms with van der Waals surface area (Å²) >= 11 is 0. The van der Waals surface area contributed by atoms with E-state index < -0.39 is 6.10 Å². The first-order valence-electron chi connectivity index (χ1n) is 11.7. The van der Waals surface area contributed by atoms with Crippen LogP contribution in [0.15, 0.2) is 60.8 Å². The van der Waals surface area contributed by atoms with Gasteiger partial charge in [-0.2, -0.15) is 5.10 Å². The van der Waals surface area contributed by atoms with Crippen LogP contribution in [-0.4, -0.2) is 76.3 Å². The summed E-state index contributed by atoms with van der Waals surface area (Å²) in [6.07, 6.45) is 1.46. The fraction of sp³-hybridized carbons (Fsp3) is 0.296. The molecule has 0 radical (unpaired) electrons. The van der Waals surface area contributed by atoms with E-state index >= 15 is 0 Å². The maximum absolute atomic E-state index is 13.0. The summed E-state index contributed by atoms with van der Waals surface area (Å²) in [5, 5.41) is 19.2.